The van der Waals surface area contributed by atoms with Crippen molar-refractivity contribution < 1.29 is 9.72 Å². The van der Waals surface area contributed by atoms with Gasteiger partial charge in [-0.3, -0.25) is 14.9 Å². The molecule has 1 atom stereocenters. The zero-order chi connectivity index (χ0) is 14.4. The van der Waals surface area contributed by atoms with Crippen LogP contribution in [0.2, 0.25) is 0 Å². The van der Waals surface area contributed by atoms with Crippen molar-refractivity contribution >= 4 is 29.0 Å². The molecule has 0 aliphatic carbocycles. The molecule has 0 bridgehead atoms. The third-order valence-electron chi connectivity index (χ3n) is 2.63. The van der Waals surface area contributed by atoms with Gasteiger partial charge in [-0.15, -0.1) is 0 Å². The van der Waals surface area contributed by atoms with Gasteiger partial charge in [-0.05, 0) is 31.4 Å². The Morgan fingerprint density at radius 2 is 2.26 bits per heavy atom. The Morgan fingerprint density at radius 1 is 1.58 bits per heavy atom. The first-order valence-electron chi connectivity index (χ1n) is 5.80. The predicted molar refractivity (Wildman–Crippen MR) is 77.4 cm³/mol. The number of nitro groups is 1. The number of anilines is 1. The number of amides is 1. The molecule has 0 radical (unpaired) electrons. The normalized spacial score (nSPS) is 11.9. The summed E-state index contributed by atoms with van der Waals surface area (Å²) < 4.78 is 0. The SMILES string of the molecule is CSCC[C@H](C)NC(=O)c1c(N)cccc1[N+](=O)[O-]. The molecule has 0 aliphatic rings. The summed E-state index contributed by atoms with van der Waals surface area (Å²) in [6.07, 6.45) is 2.78. The Balaban J connectivity index is 2.90. The molecule has 0 spiro atoms. The van der Waals surface area contributed by atoms with Gasteiger partial charge in [0, 0.05) is 12.1 Å². The van der Waals surface area contributed by atoms with Crippen molar-refractivity contribution in [2.24, 2.45) is 0 Å². The molecule has 19 heavy (non-hydrogen) atoms. The average molecular weight is 283 g/mol. The Labute approximate surface area is 115 Å². The predicted octanol–water partition coefficient (Wildman–Crippen LogP) is 2.05. The summed E-state index contributed by atoms with van der Waals surface area (Å²) in [7, 11) is 0. The largest absolute Gasteiger partial charge is 0.398 e. The molecule has 0 heterocycles. The van der Waals surface area contributed by atoms with Crippen molar-refractivity contribution in [3.05, 3.63) is 33.9 Å². The Bertz CT molecular complexity index is 479. The number of thioether (sulfide) groups is 1. The first-order chi connectivity index (χ1) is 8.97. The molecule has 1 rings (SSSR count). The highest BCUT2D eigenvalue weighted by atomic mass is 32.2. The van der Waals surface area contributed by atoms with Gasteiger partial charge in [-0.1, -0.05) is 6.07 Å². The summed E-state index contributed by atoms with van der Waals surface area (Å²) in [4.78, 5) is 22.4. The lowest BCUT2D eigenvalue weighted by Crippen LogP contribution is -2.33. The van der Waals surface area contributed by atoms with Gasteiger partial charge in [0.05, 0.1) is 10.6 Å². The third kappa shape index (κ3) is 4.13. The van der Waals surface area contributed by atoms with Gasteiger partial charge >= 0.3 is 0 Å². The van der Waals surface area contributed by atoms with Crippen LogP contribution in [0.4, 0.5) is 11.4 Å². The summed E-state index contributed by atoms with van der Waals surface area (Å²) >= 11 is 1.68. The topological polar surface area (TPSA) is 98.3 Å². The fraction of sp³-hybridized carbons (Fsp3) is 0.417. The number of carbonyl (C=O) groups excluding carboxylic acids is 1. The van der Waals surface area contributed by atoms with Crippen molar-refractivity contribution in [3.8, 4) is 0 Å². The van der Waals surface area contributed by atoms with Crippen LogP contribution in [-0.4, -0.2) is 28.9 Å². The van der Waals surface area contributed by atoms with Gasteiger partial charge < -0.3 is 11.1 Å². The number of benzene rings is 1. The van der Waals surface area contributed by atoms with E-state index in [0.29, 0.717) is 0 Å². The zero-order valence-corrected chi connectivity index (χ0v) is 11.7. The lowest BCUT2D eigenvalue weighted by Gasteiger charge is -2.14. The lowest BCUT2D eigenvalue weighted by atomic mass is 10.1. The van der Waals surface area contributed by atoms with E-state index in [1.54, 1.807) is 11.8 Å². The zero-order valence-electron chi connectivity index (χ0n) is 10.9. The maximum Gasteiger partial charge on any atom is 0.284 e. The van der Waals surface area contributed by atoms with Gasteiger partial charge in [0.1, 0.15) is 5.56 Å². The molecule has 1 amide bonds. The van der Waals surface area contributed by atoms with Crippen molar-refractivity contribution in [1.29, 1.82) is 0 Å². The molecule has 0 aromatic heterocycles. The Kier molecular flexibility index (Phi) is 5.62. The van der Waals surface area contributed by atoms with E-state index < -0.39 is 10.8 Å². The number of nitro benzene ring substituents is 1. The first kappa shape index (κ1) is 15.3. The number of nitrogens with two attached hydrogens (primary N) is 1. The van der Waals surface area contributed by atoms with Crippen LogP contribution < -0.4 is 11.1 Å². The number of nitrogens with one attached hydrogen (secondary N) is 1. The fourth-order valence-corrected chi connectivity index (χ4v) is 2.21. The quantitative estimate of drug-likeness (QED) is 0.473. The molecule has 0 aliphatic heterocycles. The number of hydrogen-bond acceptors (Lipinski definition) is 5. The van der Waals surface area contributed by atoms with Gasteiger partial charge in [0.2, 0.25) is 0 Å². The van der Waals surface area contributed by atoms with E-state index in [2.05, 4.69) is 5.32 Å². The number of nitrogens with zero attached hydrogens (tertiary/aromatic N) is 1. The van der Waals surface area contributed by atoms with Crippen LogP contribution in [0.3, 0.4) is 0 Å². The maximum atomic E-state index is 12.1. The highest BCUT2D eigenvalue weighted by Crippen LogP contribution is 2.24. The first-order valence-corrected chi connectivity index (χ1v) is 7.19. The standard InChI is InChI=1S/C12H17N3O3S/c1-8(6-7-19-2)14-12(16)11-9(13)4-3-5-10(11)15(17)18/h3-5,8H,6-7,13H2,1-2H3,(H,14,16)/t8-/m0/s1. The molecule has 7 heteroatoms. The lowest BCUT2D eigenvalue weighted by molar-refractivity contribution is -0.385. The van der Waals surface area contributed by atoms with E-state index in [4.69, 9.17) is 5.73 Å². The molecular weight excluding hydrogens is 266 g/mol. The van der Waals surface area contributed by atoms with Crippen LogP contribution >= 0.6 is 11.8 Å². The van der Waals surface area contributed by atoms with Crippen LogP contribution in [0.15, 0.2) is 18.2 Å². The molecule has 1 aromatic carbocycles. The summed E-state index contributed by atoms with van der Waals surface area (Å²) in [6.45, 7) is 1.86. The third-order valence-corrected chi connectivity index (χ3v) is 3.27. The van der Waals surface area contributed by atoms with Crippen molar-refractivity contribution in [3.63, 3.8) is 0 Å². The second-order valence-electron chi connectivity index (χ2n) is 4.15. The second-order valence-corrected chi connectivity index (χ2v) is 5.14. The number of rotatable bonds is 6. The van der Waals surface area contributed by atoms with Gasteiger partial charge in [0.25, 0.3) is 11.6 Å². The molecular formula is C12H17N3O3S. The molecule has 0 fully saturated rings. The average Bonchev–Trinajstić information content (AvgIpc) is 2.35. The van der Waals surface area contributed by atoms with Crippen LogP contribution in [0.1, 0.15) is 23.7 Å². The molecule has 104 valence electrons. The van der Waals surface area contributed by atoms with Crippen LogP contribution in [0.5, 0.6) is 0 Å². The summed E-state index contributed by atoms with van der Waals surface area (Å²) in [5.41, 5.74) is 5.45. The van der Waals surface area contributed by atoms with E-state index in [0.717, 1.165) is 12.2 Å². The van der Waals surface area contributed by atoms with Gasteiger partial charge in [-0.25, -0.2) is 0 Å². The minimum Gasteiger partial charge on any atom is -0.398 e. The summed E-state index contributed by atoms with van der Waals surface area (Å²) in [5.74, 6) is 0.409. The molecule has 6 nitrogen and oxygen atoms in total. The van der Waals surface area contributed by atoms with Crippen LogP contribution in [0.25, 0.3) is 0 Å². The van der Waals surface area contributed by atoms with E-state index >= 15 is 0 Å². The van der Waals surface area contributed by atoms with Gasteiger partial charge in [0.15, 0.2) is 0 Å². The maximum absolute atomic E-state index is 12.1. The smallest absolute Gasteiger partial charge is 0.284 e. The number of carbonyl (C=O) groups is 1. The molecule has 1 aromatic rings. The highest BCUT2D eigenvalue weighted by molar-refractivity contribution is 7.98. The Morgan fingerprint density at radius 3 is 2.84 bits per heavy atom. The van der Waals surface area contributed by atoms with Crippen molar-refractivity contribution in [2.75, 3.05) is 17.7 Å². The van der Waals surface area contributed by atoms with E-state index in [1.165, 1.54) is 18.2 Å². The van der Waals surface area contributed by atoms with Gasteiger partial charge in [-0.2, -0.15) is 11.8 Å². The van der Waals surface area contributed by atoms with Crippen LogP contribution in [0, 0.1) is 10.1 Å². The minimum absolute atomic E-state index is 0.0563. The van der Waals surface area contributed by atoms with Crippen LogP contribution in [-0.2, 0) is 0 Å². The summed E-state index contributed by atoms with van der Waals surface area (Å²) in [5, 5.41) is 13.6. The second kappa shape index (κ2) is 6.98. The molecule has 0 unspecified atom stereocenters. The van der Waals surface area contributed by atoms with E-state index in [-0.39, 0.29) is 23.0 Å². The van der Waals surface area contributed by atoms with Crippen molar-refractivity contribution in [1.82, 2.24) is 5.32 Å². The molecule has 0 saturated carbocycles. The fourth-order valence-electron chi connectivity index (χ4n) is 1.62. The molecule has 3 N–H and O–H groups in total. The minimum atomic E-state index is -0.599. The Hall–Kier alpha value is -1.76. The van der Waals surface area contributed by atoms with Crippen molar-refractivity contribution in [2.45, 2.75) is 19.4 Å². The number of nitrogen functional groups attached to an aromatic ring is 1. The van der Waals surface area contributed by atoms with E-state index in [1.807, 2.05) is 13.2 Å². The molecule has 0 saturated heterocycles. The van der Waals surface area contributed by atoms with E-state index in [9.17, 15) is 14.9 Å². The highest BCUT2D eigenvalue weighted by Gasteiger charge is 2.23. The number of hydrogen-bond donors (Lipinski definition) is 2. The monoisotopic (exact) mass is 283 g/mol. The summed E-state index contributed by atoms with van der Waals surface area (Å²) in [6, 6.07) is 4.16.